The molecule has 0 unspecified atom stereocenters. The Morgan fingerprint density at radius 1 is 1.06 bits per heavy atom. The van der Waals surface area contributed by atoms with Gasteiger partial charge in [0.2, 0.25) is 0 Å². The summed E-state index contributed by atoms with van der Waals surface area (Å²) in [6.45, 7) is 0. The third kappa shape index (κ3) is 2.57. The molecule has 0 aliphatic rings. The first-order valence-corrected chi connectivity index (χ1v) is 5.34. The quantitative estimate of drug-likeness (QED) is 0.640. The van der Waals surface area contributed by atoms with Crippen molar-refractivity contribution in [2.75, 3.05) is 12.8 Å². The van der Waals surface area contributed by atoms with Gasteiger partial charge >= 0.3 is 0 Å². The Kier molecular flexibility index (Phi) is 3.43. The Bertz CT molecular complexity index is 582. The SMILES string of the molecule is COc1ccc(O)c(N=Nc2ccccc2N)c1. The van der Waals surface area contributed by atoms with Gasteiger partial charge in [0.1, 0.15) is 22.9 Å². The lowest BCUT2D eigenvalue weighted by atomic mass is 10.3. The summed E-state index contributed by atoms with van der Waals surface area (Å²) in [6.07, 6.45) is 0. The van der Waals surface area contributed by atoms with E-state index in [-0.39, 0.29) is 5.75 Å². The number of phenols is 1. The van der Waals surface area contributed by atoms with Crippen LogP contribution in [0.4, 0.5) is 17.1 Å². The van der Waals surface area contributed by atoms with Gasteiger partial charge in [0.05, 0.1) is 12.8 Å². The van der Waals surface area contributed by atoms with Crippen molar-refractivity contribution < 1.29 is 9.84 Å². The Balaban J connectivity index is 2.31. The normalized spacial score (nSPS) is 10.7. The number of benzene rings is 2. The molecule has 0 aliphatic heterocycles. The minimum absolute atomic E-state index is 0.0362. The van der Waals surface area contributed by atoms with Gasteiger partial charge in [0, 0.05) is 6.07 Å². The van der Waals surface area contributed by atoms with Gasteiger partial charge in [-0.05, 0) is 24.3 Å². The number of nitrogens with two attached hydrogens (primary N) is 1. The number of hydrogen-bond acceptors (Lipinski definition) is 5. The molecule has 0 radical (unpaired) electrons. The van der Waals surface area contributed by atoms with E-state index >= 15 is 0 Å². The summed E-state index contributed by atoms with van der Waals surface area (Å²) in [5, 5.41) is 17.6. The van der Waals surface area contributed by atoms with Crippen molar-refractivity contribution in [1.29, 1.82) is 0 Å². The molecule has 0 heterocycles. The van der Waals surface area contributed by atoms with E-state index in [9.17, 15) is 5.11 Å². The van der Waals surface area contributed by atoms with E-state index in [2.05, 4.69) is 10.2 Å². The highest BCUT2D eigenvalue weighted by atomic mass is 16.5. The Morgan fingerprint density at radius 3 is 2.50 bits per heavy atom. The summed E-state index contributed by atoms with van der Waals surface area (Å²) in [5.74, 6) is 0.636. The molecular formula is C13H13N3O2. The van der Waals surface area contributed by atoms with Crippen LogP contribution in [0.1, 0.15) is 0 Å². The number of azo groups is 1. The molecule has 5 nitrogen and oxygen atoms in total. The topological polar surface area (TPSA) is 80.2 Å². The number of methoxy groups -OCH3 is 1. The van der Waals surface area contributed by atoms with Crippen LogP contribution in [0.15, 0.2) is 52.7 Å². The van der Waals surface area contributed by atoms with Crippen LogP contribution in [0.2, 0.25) is 0 Å². The van der Waals surface area contributed by atoms with Crippen molar-refractivity contribution in [2.24, 2.45) is 10.2 Å². The average Bonchev–Trinajstić information content (AvgIpc) is 2.39. The molecule has 5 heteroatoms. The second-order valence-corrected chi connectivity index (χ2v) is 3.61. The summed E-state index contributed by atoms with van der Waals surface area (Å²) >= 11 is 0. The molecule has 3 N–H and O–H groups in total. The number of phenolic OH excluding ortho intramolecular Hbond substituents is 1. The number of ether oxygens (including phenoxy) is 1. The van der Waals surface area contributed by atoms with E-state index in [0.29, 0.717) is 22.8 Å². The van der Waals surface area contributed by atoms with Gasteiger partial charge in [-0.15, -0.1) is 10.2 Å². The molecule has 0 spiro atoms. The van der Waals surface area contributed by atoms with E-state index in [1.54, 1.807) is 31.4 Å². The second-order valence-electron chi connectivity index (χ2n) is 3.61. The van der Waals surface area contributed by atoms with Crippen LogP contribution in [-0.4, -0.2) is 12.2 Å². The molecular weight excluding hydrogens is 230 g/mol. The maximum atomic E-state index is 9.64. The summed E-state index contributed by atoms with van der Waals surface area (Å²) in [6, 6.07) is 11.9. The lowest BCUT2D eigenvalue weighted by Crippen LogP contribution is -1.83. The molecule has 0 aliphatic carbocycles. The molecule has 0 bridgehead atoms. The summed E-state index contributed by atoms with van der Waals surface area (Å²) < 4.78 is 5.05. The zero-order chi connectivity index (χ0) is 13.0. The van der Waals surface area contributed by atoms with Gasteiger partial charge in [-0.3, -0.25) is 0 Å². The van der Waals surface area contributed by atoms with Gasteiger partial charge in [0.15, 0.2) is 0 Å². The zero-order valence-corrected chi connectivity index (χ0v) is 9.87. The van der Waals surface area contributed by atoms with Crippen LogP contribution in [0.3, 0.4) is 0 Å². The smallest absolute Gasteiger partial charge is 0.143 e. The average molecular weight is 243 g/mol. The lowest BCUT2D eigenvalue weighted by molar-refractivity contribution is 0.412. The number of hydrogen-bond donors (Lipinski definition) is 2. The van der Waals surface area contributed by atoms with Gasteiger partial charge in [-0.2, -0.15) is 0 Å². The van der Waals surface area contributed by atoms with E-state index in [1.165, 1.54) is 6.07 Å². The molecule has 0 saturated heterocycles. The fraction of sp³-hybridized carbons (Fsp3) is 0.0769. The molecule has 2 rings (SSSR count). The number of para-hydroxylation sites is 1. The minimum Gasteiger partial charge on any atom is -0.506 e. The first kappa shape index (κ1) is 11.9. The Hall–Kier alpha value is -2.56. The molecule has 0 fully saturated rings. The highest BCUT2D eigenvalue weighted by molar-refractivity contribution is 5.62. The van der Waals surface area contributed by atoms with E-state index in [4.69, 9.17) is 10.5 Å². The van der Waals surface area contributed by atoms with Gasteiger partial charge in [-0.25, -0.2) is 0 Å². The molecule has 0 saturated carbocycles. The van der Waals surface area contributed by atoms with Crippen LogP contribution in [0, 0.1) is 0 Å². The largest absolute Gasteiger partial charge is 0.506 e. The predicted octanol–water partition coefficient (Wildman–Crippen LogP) is 3.40. The zero-order valence-electron chi connectivity index (χ0n) is 9.87. The van der Waals surface area contributed by atoms with Crippen molar-refractivity contribution >= 4 is 17.1 Å². The first-order valence-electron chi connectivity index (χ1n) is 5.34. The molecule has 0 amide bonds. The van der Waals surface area contributed by atoms with Crippen molar-refractivity contribution in [3.63, 3.8) is 0 Å². The van der Waals surface area contributed by atoms with E-state index in [0.717, 1.165) is 0 Å². The standard InChI is InChI=1S/C13H13N3O2/c1-18-9-6-7-13(17)12(8-9)16-15-11-5-3-2-4-10(11)14/h2-8,17H,14H2,1H3. The van der Waals surface area contributed by atoms with Crippen LogP contribution in [0.25, 0.3) is 0 Å². The number of nitrogens with zero attached hydrogens (tertiary/aromatic N) is 2. The number of aromatic hydroxyl groups is 1. The summed E-state index contributed by atoms with van der Waals surface area (Å²) in [4.78, 5) is 0. The van der Waals surface area contributed by atoms with Gasteiger partial charge in [-0.1, -0.05) is 12.1 Å². The third-order valence-corrected chi connectivity index (χ3v) is 2.38. The second kappa shape index (κ2) is 5.18. The molecule has 18 heavy (non-hydrogen) atoms. The summed E-state index contributed by atoms with van der Waals surface area (Å²) in [7, 11) is 1.54. The van der Waals surface area contributed by atoms with Crippen molar-refractivity contribution in [3.8, 4) is 11.5 Å². The number of anilines is 1. The molecule has 0 aromatic heterocycles. The number of nitrogen functional groups attached to an aromatic ring is 1. The van der Waals surface area contributed by atoms with Crippen molar-refractivity contribution in [1.82, 2.24) is 0 Å². The molecule has 2 aromatic carbocycles. The molecule has 0 atom stereocenters. The monoisotopic (exact) mass is 243 g/mol. The summed E-state index contributed by atoms with van der Waals surface area (Å²) in [5.41, 5.74) is 7.16. The maximum Gasteiger partial charge on any atom is 0.143 e. The number of rotatable bonds is 3. The Morgan fingerprint density at radius 2 is 1.78 bits per heavy atom. The first-order chi connectivity index (χ1) is 8.70. The minimum atomic E-state index is 0.0362. The third-order valence-electron chi connectivity index (χ3n) is 2.38. The van der Waals surface area contributed by atoms with Crippen LogP contribution in [-0.2, 0) is 0 Å². The van der Waals surface area contributed by atoms with Crippen LogP contribution in [0.5, 0.6) is 11.5 Å². The van der Waals surface area contributed by atoms with Crippen molar-refractivity contribution in [2.45, 2.75) is 0 Å². The predicted molar refractivity (Wildman–Crippen MR) is 69.7 cm³/mol. The molecule has 2 aromatic rings. The lowest BCUT2D eigenvalue weighted by Gasteiger charge is -2.02. The highest BCUT2D eigenvalue weighted by Gasteiger charge is 2.02. The van der Waals surface area contributed by atoms with Crippen LogP contribution < -0.4 is 10.5 Å². The van der Waals surface area contributed by atoms with Gasteiger partial charge in [0.25, 0.3) is 0 Å². The Labute approximate surface area is 105 Å². The van der Waals surface area contributed by atoms with Crippen molar-refractivity contribution in [3.05, 3.63) is 42.5 Å². The van der Waals surface area contributed by atoms with Gasteiger partial charge < -0.3 is 15.6 Å². The fourth-order valence-electron chi connectivity index (χ4n) is 1.40. The molecule has 92 valence electrons. The fourth-order valence-corrected chi connectivity index (χ4v) is 1.40. The van der Waals surface area contributed by atoms with E-state index in [1.807, 2.05) is 12.1 Å². The maximum absolute atomic E-state index is 9.64. The van der Waals surface area contributed by atoms with Crippen LogP contribution >= 0.6 is 0 Å². The van der Waals surface area contributed by atoms with E-state index < -0.39 is 0 Å². The highest BCUT2D eigenvalue weighted by Crippen LogP contribution is 2.32.